The van der Waals surface area contributed by atoms with Crippen LogP contribution in [-0.4, -0.2) is 26.0 Å². The first-order chi connectivity index (χ1) is 16.4. The lowest BCUT2D eigenvalue weighted by Crippen LogP contribution is -2.36. The Kier molecular flexibility index (Phi) is 7.91. The standard InChI is InChI=1S/C26H26N4O4/c1-17(27-29-25(31)21-9-5-7-11-23(21)33-3)19-13-15-20(16-14-19)18(2)28-30-26(32)22-10-6-8-12-24(22)34-4/h5-16,27-28H,1-2H2,3-4H3,(H,29,31)(H,30,32). The number of para-hydroxylation sites is 2. The Hall–Kier alpha value is -4.72. The first-order valence-electron chi connectivity index (χ1n) is 10.3. The number of methoxy groups -OCH3 is 2. The number of hydrazine groups is 2. The molecule has 0 saturated carbocycles. The predicted octanol–water partition coefficient (Wildman–Crippen LogP) is 3.51. The number of carbonyl (C=O) groups excluding carboxylic acids is 2. The summed E-state index contributed by atoms with van der Waals surface area (Å²) in [4.78, 5) is 24.8. The Labute approximate surface area is 198 Å². The van der Waals surface area contributed by atoms with Crippen LogP contribution in [0, 0.1) is 0 Å². The van der Waals surface area contributed by atoms with Crippen LogP contribution in [-0.2, 0) is 0 Å². The second-order valence-electron chi connectivity index (χ2n) is 7.09. The monoisotopic (exact) mass is 458 g/mol. The summed E-state index contributed by atoms with van der Waals surface area (Å²) in [6.07, 6.45) is 0. The summed E-state index contributed by atoms with van der Waals surface area (Å²) in [6, 6.07) is 21.1. The lowest BCUT2D eigenvalue weighted by atomic mass is 10.1. The van der Waals surface area contributed by atoms with Crippen molar-refractivity contribution in [2.24, 2.45) is 0 Å². The van der Waals surface area contributed by atoms with Gasteiger partial charge >= 0.3 is 0 Å². The number of ether oxygens (including phenoxy) is 2. The molecule has 34 heavy (non-hydrogen) atoms. The molecule has 3 aromatic rings. The zero-order valence-corrected chi connectivity index (χ0v) is 19.0. The molecule has 174 valence electrons. The highest BCUT2D eigenvalue weighted by molar-refractivity contribution is 5.97. The van der Waals surface area contributed by atoms with E-state index < -0.39 is 0 Å². The van der Waals surface area contributed by atoms with Crippen LogP contribution in [0.15, 0.2) is 86.0 Å². The molecular weight excluding hydrogens is 432 g/mol. The summed E-state index contributed by atoms with van der Waals surface area (Å²) in [5.41, 5.74) is 14.2. The van der Waals surface area contributed by atoms with Crippen molar-refractivity contribution in [1.82, 2.24) is 21.7 Å². The fourth-order valence-electron chi connectivity index (χ4n) is 3.08. The third-order valence-electron chi connectivity index (χ3n) is 4.94. The minimum Gasteiger partial charge on any atom is -0.496 e. The molecule has 3 rings (SSSR count). The molecule has 0 aliphatic heterocycles. The zero-order valence-electron chi connectivity index (χ0n) is 19.0. The third kappa shape index (κ3) is 5.74. The maximum atomic E-state index is 12.4. The first-order valence-corrected chi connectivity index (χ1v) is 10.3. The van der Waals surface area contributed by atoms with Crippen LogP contribution >= 0.6 is 0 Å². The number of amides is 2. The van der Waals surface area contributed by atoms with Gasteiger partial charge in [0.15, 0.2) is 0 Å². The van der Waals surface area contributed by atoms with Crippen molar-refractivity contribution in [3.63, 3.8) is 0 Å². The molecule has 0 bridgehead atoms. The van der Waals surface area contributed by atoms with Crippen LogP contribution in [0.2, 0.25) is 0 Å². The van der Waals surface area contributed by atoms with Crippen molar-refractivity contribution in [3.8, 4) is 11.5 Å². The smallest absolute Gasteiger partial charge is 0.273 e. The molecule has 0 radical (unpaired) electrons. The van der Waals surface area contributed by atoms with E-state index in [2.05, 4.69) is 34.9 Å². The molecule has 0 atom stereocenters. The van der Waals surface area contributed by atoms with Crippen molar-refractivity contribution in [1.29, 1.82) is 0 Å². The molecule has 3 aromatic carbocycles. The number of hydrogen-bond donors (Lipinski definition) is 4. The maximum absolute atomic E-state index is 12.4. The average Bonchev–Trinajstić information content (AvgIpc) is 2.89. The fraction of sp³-hybridized carbons (Fsp3) is 0.0769. The van der Waals surface area contributed by atoms with E-state index in [1.807, 2.05) is 24.3 Å². The Balaban J connectivity index is 1.54. The maximum Gasteiger partial charge on any atom is 0.273 e. The number of carbonyl (C=O) groups is 2. The molecule has 4 N–H and O–H groups in total. The predicted molar refractivity (Wildman–Crippen MR) is 132 cm³/mol. The van der Waals surface area contributed by atoms with Crippen LogP contribution in [0.4, 0.5) is 0 Å². The lowest BCUT2D eigenvalue weighted by Gasteiger charge is -2.15. The van der Waals surface area contributed by atoms with E-state index in [0.717, 1.165) is 11.1 Å². The van der Waals surface area contributed by atoms with E-state index in [1.54, 1.807) is 48.5 Å². The van der Waals surface area contributed by atoms with Gasteiger partial charge in [-0.25, -0.2) is 0 Å². The molecule has 0 heterocycles. The van der Waals surface area contributed by atoms with Crippen LogP contribution in [0.5, 0.6) is 11.5 Å². The summed E-state index contributed by atoms with van der Waals surface area (Å²) >= 11 is 0. The van der Waals surface area contributed by atoms with Crippen molar-refractivity contribution in [3.05, 3.63) is 108 Å². The van der Waals surface area contributed by atoms with Crippen LogP contribution in [0.25, 0.3) is 11.4 Å². The largest absolute Gasteiger partial charge is 0.496 e. The molecule has 8 heteroatoms. The number of benzene rings is 3. The van der Waals surface area contributed by atoms with Gasteiger partial charge < -0.3 is 9.47 Å². The summed E-state index contributed by atoms with van der Waals surface area (Å²) in [5.74, 6) is 0.248. The number of hydrogen-bond acceptors (Lipinski definition) is 6. The van der Waals surface area contributed by atoms with E-state index in [9.17, 15) is 9.59 Å². The Bertz CT molecular complexity index is 1110. The molecule has 0 saturated heterocycles. The minimum atomic E-state index is -0.349. The van der Waals surface area contributed by atoms with Gasteiger partial charge in [-0.1, -0.05) is 61.7 Å². The van der Waals surface area contributed by atoms with Crippen LogP contribution in [0.3, 0.4) is 0 Å². The molecular formula is C26H26N4O4. The summed E-state index contributed by atoms with van der Waals surface area (Å²) in [6.45, 7) is 7.91. The van der Waals surface area contributed by atoms with Crippen molar-refractivity contribution in [2.45, 2.75) is 0 Å². The van der Waals surface area contributed by atoms with Gasteiger partial charge in [0.2, 0.25) is 0 Å². The van der Waals surface area contributed by atoms with E-state index in [-0.39, 0.29) is 11.8 Å². The Morgan fingerprint density at radius 2 is 0.941 bits per heavy atom. The highest BCUT2D eigenvalue weighted by atomic mass is 16.5. The van der Waals surface area contributed by atoms with Gasteiger partial charge in [0.1, 0.15) is 11.5 Å². The summed E-state index contributed by atoms with van der Waals surface area (Å²) in [7, 11) is 3.01. The topological polar surface area (TPSA) is 101 Å². The van der Waals surface area contributed by atoms with Gasteiger partial charge in [-0.3, -0.25) is 31.3 Å². The van der Waals surface area contributed by atoms with Crippen LogP contribution in [0.1, 0.15) is 31.8 Å². The molecule has 0 spiro atoms. The second kappa shape index (κ2) is 11.2. The molecule has 0 unspecified atom stereocenters. The summed E-state index contributed by atoms with van der Waals surface area (Å²) in [5, 5.41) is 0. The van der Waals surface area contributed by atoms with Crippen molar-refractivity contribution >= 4 is 23.2 Å². The number of rotatable bonds is 10. The third-order valence-corrected chi connectivity index (χ3v) is 4.94. The number of nitrogens with one attached hydrogen (secondary N) is 4. The highest BCUT2D eigenvalue weighted by Gasteiger charge is 2.13. The van der Waals surface area contributed by atoms with Gasteiger partial charge in [-0.15, -0.1) is 0 Å². The van der Waals surface area contributed by atoms with Gasteiger partial charge in [0, 0.05) is 0 Å². The first kappa shape index (κ1) is 23.9. The highest BCUT2D eigenvalue weighted by Crippen LogP contribution is 2.19. The molecule has 2 amide bonds. The normalized spacial score (nSPS) is 9.94. The SMILES string of the molecule is C=C(NNC(=O)c1ccccc1OC)c1ccc(C(=C)NNC(=O)c2ccccc2OC)cc1. The van der Waals surface area contributed by atoms with Gasteiger partial charge in [0.25, 0.3) is 11.8 Å². The van der Waals surface area contributed by atoms with Crippen molar-refractivity contribution < 1.29 is 19.1 Å². The molecule has 0 aromatic heterocycles. The summed E-state index contributed by atoms with van der Waals surface area (Å²) < 4.78 is 10.4. The molecule has 8 nitrogen and oxygen atoms in total. The minimum absolute atomic E-state index is 0.349. The van der Waals surface area contributed by atoms with Crippen LogP contribution < -0.4 is 31.2 Å². The van der Waals surface area contributed by atoms with E-state index in [1.165, 1.54) is 14.2 Å². The zero-order chi connectivity index (χ0) is 24.5. The molecule has 0 aliphatic rings. The average molecular weight is 459 g/mol. The quantitative estimate of drug-likeness (QED) is 0.347. The second-order valence-corrected chi connectivity index (χ2v) is 7.09. The van der Waals surface area contributed by atoms with Gasteiger partial charge in [0.05, 0.1) is 36.7 Å². The Morgan fingerprint density at radius 3 is 1.29 bits per heavy atom. The van der Waals surface area contributed by atoms with E-state index >= 15 is 0 Å². The van der Waals surface area contributed by atoms with Crippen molar-refractivity contribution in [2.75, 3.05) is 14.2 Å². The fourth-order valence-corrected chi connectivity index (χ4v) is 3.08. The van der Waals surface area contributed by atoms with E-state index in [0.29, 0.717) is 34.0 Å². The molecule has 0 aliphatic carbocycles. The van der Waals surface area contributed by atoms with Gasteiger partial charge in [-0.05, 0) is 35.4 Å². The van der Waals surface area contributed by atoms with Gasteiger partial charge in [-0.2, -0.15) is 0 Å². The van der Waals surface area contributed by atoms with E-state index in [4.69, 9.17) is 9.47 Å². The lowest BCUT2D eigenvalue weighted by molar-refractivity contribution is 0.0931. The Morgan fingerprint density at radius 1 is 0.588 bits per heavy atom. The molecule has 0 fully saturated rings.